The molecule has 0 aromatic heterocycles. The molecular weight excluding hydrogens is 206 g/mol. The molecule has 0 saturated carbocycles. The van der Waals surface area contributed by atoms with E-state index in [0.29, 0.717) is 19.3 Å². The molecule has 1 aliphatic heterocycles. The Morgan fingerprint density at radius 3 is 2.25 bits per heavy atom. The number of likely N-dealkylation sites (tertiary alicyclic amines) is 1. The van der Waals surface area contributed by atoms with E-state index in [0.717, 1.165) is 32.3 Å². The summed E-state index contributed by atoms with van der Waals surface area (Å²) in [5.41, 5.74) is 0. The smallest absolute Gasteiger partial charge is 0.209 e. The zero-order valence-electron chi connectivity index (χ0n) is 10.1. The van der Waals surface area contributed by atoms with Crippen LogP contribution in [0.1, 0.15) is 34.1 Å². The molecule has 0 aromatic carbocycles. The molecule has 4 nitrogen and oxygen atoms in total. The van der Waals surface area contributed by atoms with E-state index in [4.69, 9.17) is 9.47 Å². The van der Waals surface area contributed by atoms with Gasteiger partial charge in [-0.15, -0.1) is 0 Å². The van der Waals surface area contributed by atoms with E-state index in [1.54, 1.807) is 12.0 Å². The average molecular weight is 233 g/mol. The van der Waals surface area contributed by atoms with Gasteiger partial charge in [0.15, 0.2) is 0 Å². The SMILES string of the molecule is C.CC.COCCOC1CCN(C=O)CC1. The van der Waals surface area contributed by atoms with Gasteiger partial charge >= 0.3 is 0 Å². The standard InChI is InChI=1S/C9H17NO3.C2H6.CH4/c1-12-6-7-13-9-2-4-10(8-11)5-3-9;1-2;/h8-9H,2-7H2,1H3;1-2H3;1H4. The largest absolute Gasteiger partial charge is 0.382 e. The fourth-order valence-electron chi connectivity index (χ4n) is 1.45. The number of carbonyl (C=O) groups excluding carboxylic acids is 1. The van der Waals surface area contributed by atoms with Gasteiger partial charge in [-0.3, -0.25) is 4.79 Å². The highest BCUT2D eigenvalue weighted by Crippen LogP contribution is 2.11. The molecule has 1 aliphatic rings. The summed E-state index contributed by atoms with van der Waals surface area (Å²) < 4.78 is 10.4. The lowest BCUT2D eigenvalue weighted by Crippen LogP contribution is -2.36. The molecule has 4 heteroatoms. The van der Waals surface area contributed by atoms with Crippen LogP contribution in [0, 0.1) is 0 Å². The fourth-order valence-corrected chi connectivity index (χ4v) is 1.45. The van der Waals surface area contributed by atoms with Crippen LogP contribution in [0.5, 0.6) is 0 Å². The van der Waals surface area contributed by atoms with E-state index in [2.05, 4.69) is 0 Å². The van der Waals surface area contributed by atoms with Gasteiger partial charge in [0.25, 0.3) is 0 Å². The molecule has 1 rings (SSSR count). The second-order valence-electron chi connectivity index (χ2n) is 3.20. The van der Waals surface area contributed by atoms with Gasteiger partial charge in [0.05, 0.1) is 19.3 Å². The first kappa shape index (κ1) is 17.8. The number of amides is 1. The first-order valence-electron chi connectivity index (χ1n) is 5.66. The van der Waals surface area contributed by atoms with Crippen molar-refractivity contribution in [3.63, 3.8) is 0 Å². The van der Waals surface area contributed by atoms with Crippen molar-refractivity contribution in [2.24, 2.45) is 0 Å². The number of carbonyl (C=O) groups is 1. The highest BCUT2D eigenvalue weighted by atomic mass is 16.5. The van der Waals surface area contributed by atoms with E-state index in [1.165, 1.54) is 0 Å². The van der Waals surface area contributed by atoms with Crippen molar-refractivity contribution in [3.8, 4) is 0 Å². The molecule has 0 radical (unpaired) electrons. The maximum atomic E-state index is 10.4. The Balaban J connectivity index is 0. The molecule has 0 aliphatic carbocycles. The van der Waals surface area contributed by atoms with Crippen molar-refractivity contribution in [1.82, 2.24) is 4.90 Å². The molecule has 1 amide bonds. The van der Waals surface area contributed by atoms with Crippen LogP contribution in [-0.4, -0.2) is 50.8 Å². The van der Waals surface area contributed by atoms with Gasteiger partial charge in [0, 0.05) is 20.2 Å². The van der Waals surface area contributed by atoms with E-state index in [1.807, 2.05) is 13.8 Å². The molecular formula is C12H27NO3. The summed E-state index contributed by atoms with van der Waals surface area (Å²) in [6.07, 6.45) is 3.11. The van der Waals surface area contributed by atoms with Gasteiger partial charge < -0.3 is 14.4 Å². The maximum absolute atomic E-state index is 10.4. The van der Waals surface area contributed by atoms with Crippen LogP contribution in [0.2, 0.25) is 0 Å². The summed E-state index contributed by atoms with van der Waals surface area (Å²) in [5.74, 6) is 0. The Morgan fingerprint density at radius 2 is 1.81 bits per heavy atom. The van der Waals surface area contributed by atoms with Crippen molar-refractivity contribution >= 4 is 6.41 Å². The zero-order chi connectivity index (χ0) is 11.5. The number of piperidine rings is 1. The van der Waals surface area contributed by atoms with Gasteiger partial charge in [-0.2, -0.15) is 0 Å². The third kappa shape index (κ3) is 7.65. The van der Waals surface area contributed by atoms with E-state index in [9.17, 15) is 4.79 Å². The Morgan fingerprint density at radius 1 is 1.25 bits per heavy atom. The molecule has 16 heavy (non-hydrogen) atoms. The number of hydrogen-bond acceptors (Lipinski definition) is 3. The number of methoxy groups -OCH3 is 1. The summed E-state index contributed by atoms with van der Waals surface area (Å²) in [6, 6.07) is 0. The Labute approximate surface area is 99.9 Å². The minimum absolute atomic E-state index is 0. The molecule has 0 aromatic rings. The Bertz CT molecular complexity index is 145. The molecule has 1 saturated heterocycles. The third-order valence-corrected chi connectivity index (χ3v) is 2.27. The lowest BCUT2D eigenvalue weighted by Gasteiger charge is -2.28. The molecule has 0 spiro atoms. The summed E-state index contributed by atoms with van der Waals surface area (Å²) in [7, 11) is 1.67. The predicted molar refractivity (Wildman–Crippen MR) is 66.6 cm³/mol. The Hall–Kier alpha value is -0.610. The van der Waals surface area contributed by atoms with Crippen molar-refractivity contribution < 1.29 is 14.3 Å². The fraction of sp³-hybridized carbons (Fsp3) is 0.917. The summed E-state index contributed by atoms with van der Waals surface area (Å²) >= 11 is 0. The summed E-state index contributed by atoms with van der Waals surface area (Å²) in [4.78, 5) is 12.2. The highest BCUT2D eigenvalue weighted by molar-refractivity contribution is 5.47. The van der Waals surface area contributed by atoms with Crippen LogP contribution in [0.25, 0.3) is 0 Å². The van der Waals surface area contributed by atoms with Gasteiger partial charge in [-0.05, 0) is 12.8 Å². The van der Waals surface area contributed by atoms with Crippen LogP contribution >= 0.6 is 0 Å². The van der Waals surface area contributed by atoms with Crippen molar-refractivity contribution in [3.05, 3.63) is 0 Å². The predicted octanol–water partition coefficient (Wildman–Crippen LogP) is 1.93. The second kappa shape index (κ2) is 12.5. The van der Waals surface area contributed by atoms with Gasteiger partial charge in [-0.1, -0.05) is 21.3 Å². The molecule has 0 N–H and O–H groups in total. The first-order chi connectivity index (χ1) is 7.36. The summed E-state index contributed by atoms with van der Waals surface area (Å²) in [6.45, 7) is 6.94. The molecule has 0 unspecified atom stereocenters. The lowest BCUT2D eigenvalue weighted by atomic mass is 10.1. The quantitative estimate of drug-likeness (QED) is 0.538. The minimum atomic E-state index is 0. The van der Waals surface area contributed by atoms with Crippen LogP contribution in [0.4, 0.5) is 0 Å². The second-order valence-corrected chi connectivity index (χ2v) is 3.20. The first-order valence-corrected chi connectivity index (χ1v) is 5.66. The molecule has 1 fully saturated rings. The average Bonchev–Trinajstić information content (AvgIpc) is 2.33. The van der Waals surface area contributed by atoms with E-state index in [-0.39, 0.29) is 7.43 Å². The number of nitrogens with zero attached hydrogens (tertiary/aromatic N) is 1. The number of rotatable bonds is 5. The normalized spacial score (nSPS) is 15.8. The summed E-state index contributed by atoms with van der Waals surface area (Å²) in [5, 5.41) is 0. The number of hydrogen-bond donors (Lipinski definition) is 0. The topological polar surface area (TPSA) is 38.8 Å². The molecule has 98 valence electrons. The molecule has 1 heterocycles. The maximum Gasteiger partial charge on any atom is 0.209 e. The third-order valence-electron chi connectivity index (χ3n) is 2.27. The minimum Gasteiger partial charge on any atom is -0.382 e. The van der Waals surface area contributed by atoms with E-state index >= 15 is 0 Å². The van der Waals surface area contributed by atoms with Crippen molar-refractivity contribution in [2.75, 3.05) is 33.4 Å². The molecule has 0 atom stereocenters. The van der Waals surface area contributed by atoms with Crippen LogP contribution < -0.4 is 0 Å². The van der Waals surface area contributed by atoms with Crippen LogP contribution in [-0.2, 0) is 14.3 Å². The van der Waals surface area contributed by atoms with Gasteiger partial charge in [0.1, 0.15) is 0 Å². The zero-order valence-corrected chi connectivity index (χ0v) is 10.1. The molecule has 0 bridgehead atoms. The van der Waals surface area contributed by atoms with Gasteiger partial charge in [-0.25, -0.2) is 0 Å². The lowest BCUT2D eigenvalue weighted by molar-refractivity contribution is -0.120. The van der Waals surface area contributed by atoms with Crippen molar-refractivity contribution in [2.45, 2.75) is 40.2 Å². The van der Waals surface area contributed by atoms with Gasteiger partial charge in [0.2, 0.25) is 6.41 Å². The monoisotopic (exact) mass is 233 g/mol. The van der Waals surface area contributed by atoms with E-state index < -0.39 is 0 Å². The Kier molecular flexibility index (Phi) is 13.8. The number of ether oxygens (including phenoxy) is 2. The highest BCUT2D eigenvalue weighted by Gasteiger charge is 2.17. The van der Waals surface area contributed by atoms with Crippen LogP contribution in [0.3, 0.4) is 0 Å². The van der Waals surface area contributed by atoms with Crippen molar-refractivity contribution in [1.29, 1.82) is 0 Å². The van der Waals surface area contributed by atoms with Crippen LogP contribution in [0.15, 0.2) is 0 Å².